The Kier molecular flexibility index (Phi) is 9.77. The quantitative estimate of drug-likeness (QED) is 0.356. The predicted molar refractivity (Wildman–Crippen MR) is 116 cm³/mol. The molecule has 0 radical (unpaired) electrons. The summed E-state index contributed by atoms with van der Waals surface area (Å²) in [6.45, 7) is 10.3. The van der Waals surface area contributed by atoms with E-state index in [4.69, 9.17) is 9.47 Å². The average molecular weight is 405 g/mol. The summed E-state index contributed by atoms with van der Waals surface area (Å²) in [6, 6.07) is 8.16. The number of nitrogens with one attached hydrogen (secondary N) is 2. The Bertz CT molecular complexity index is 646. The molecule has 1 aromatic carbocycles. The van der Waals surface area contributed by atoms with Gasteiger partial charge in [0, 0.05) is 44.7 Å². The van der Waals surface area contributed by atoms with Crippen molar-refractivity contribution in [1.82, 2.24) is 15.5 Å². The number of carbonyl (C=O) groups is 1. The highest BCUT2D eigenvalue weighted by Crippen LogP contribution is 2.13. The van der Waals surface area contributed by atoms with Gasteiger partial charge in [0.2, 0.25) is 5.91 Å². The van der Waals surface area contributed by atoms with Gasteiger partial charge in [0.1, 0.15) is 5.75 Å². The molecule has 1 aromatic rings. The molecule has 0 saturated carbocycles. The van der Waals surface area contributed by atoms with Crippen LogP contribution in [0, 0.1) is 5.92 Å². The highest BCUT2D eigenvalue weighted by Gasteiger charge is 2.27. The van der Waals surface area contributed by atoms with Crippen molar-refractivity contribution < 1.29 is 14.3 Å². The van der Waals surface area contributed by atoms with Gasteiger partial charge in [-0.3, -0.25) is 9.79 Å². The third kappa shape index (κ3) is 7.93. The third-order valence-electron chi connectivity index (χ3n) is 4.82. The van der Waals surface area contributed by atoms with Crippen molar-refractivity contribution in [3.8, 4) is 5.75 Å². The number of aliphatic imine (C=N–C) groups is 1. The Morgan fingerprint density at radius 3 is 2.72 bits per heavy atom. The van der Waals surface area contributed by atoms with Crippen LogP contribution in [-0.2, 0) is 16.1 Å². The van der Waals surface area contributed by atoms with E-state index in [9.17, 15) is 4.79 Å². The average Bonchev–Trinajstić information content (AvgIpc) is 3.18. The van der Waals surface area contributed by atoms with Crippen LogP contribution in [0.25, 0.3) is 0 Å². The summed E-state index contributed by atoms with van der Waals surface area (Å²) in [5.41, 5.74) is 1.13. The summed E-state index contributed by atoms with van der Waals surface area (Å²) < 4.78 is 10.9. The Labute approximate surface area is 174 Å². The van der Waals surface area contributed by atoms with E-state index in [1.54, 1.807) is 7.11 Å². The second-order valence-electron chi connectivity index (χ2n) is 7.58. The summed E-state index contributed by atoms with van der Waals surface area (Å²) in [4.78, 5) is 18.7. The lowest BCUT2D eigenvalue weighted by atomic mass is 10.2. The van der Waals surface area contributed by atoms with Crippen molar-refractivity contribution in [1.29, 1.82) is 0 Å². The second-order valence-corrected chi connectivity index (χ2v) is 7.58. The molecule has 2 rings (SSSR count). The molecule has 1 saturated heterocycles. The summed E-state index contributed by atoms with van der Waals surface area (Å²) in [5, 5.41) is 6.75. The van der Waals surface area contributed by atoms with E-state index in [-0.39, 0.29) is 17.9 Å². The normalized spacial score (nSPS) is 16.9. The topological polar surface area (TPSA) is 75.2 Å². The van der Waals surface area contributed by atoms with Gasteiger partial charge in [-0.1, -0.05) is 26.0 Å². The van der Waals surface area contributed by atoms with Gasteiger partial charge in [-0.15, -0.1) is 0 Å². The fourth-order valence-electron chi connectivity index (χ4n) is 3.23. The van der Waals surface area contributed by atoms with E-state index in [2.05, 4.69) is 22.5 Å². The molecular weight excluding hydrogens is 368 g/mol. The van der Waals surface area contributed by atoms with E-state index < -0.39 is 0 Å². The van der Waals surface area contributed by atoms with E-state index in [0.717, 1.165) is 49.7 Å². The Morgan fingerprint density at radius 1 is 1.31 bits per heavy atom. The number of hydrogen-bond acceptors (Lipinski definition) is 4. The highest BCUT2D eigenvalue weighted by atomic mass is 16.5. The van der Waals surface area contributed by atoms with Gasteiger partial charge in [-0.05, 0) is 37.5 Å². The molecule has 1 aliphatic rings. The lowest BCUT2D eigenvalue weighted by molar-refractivity contribution is -0.133. The van der Waals surface area contributed by atoms with E-state index in [1.165, 1.54) is 0 Å². The van der Waals surface area contributed by atoms with Crippen LogP contribution >= 0.6 is 0 Å². The molecule has 1 heterocycles. The van der Waals surface area contributed by atoms with Gasteiger partial charge in [-0.2, -0.15) is 0 Å². The number of guanidine groups is 1. The molecule has 29 heavy (non-hydrogen) atoms. The van der Waals surface area contributed by atoms with Crippen LogP contribution in [0.15, 0.2) is 29.3 Å². The van der Waals surface area contributed by atoms with Gasteiger partial charge >= 0.3 is 0 Å². The minimum atomic E-state index is 0.0496. The zero-order chi connectivity index (χ0) is 21.1. The van der Waals surface area contributed by atoms with Crippen molar-refractivity contribution in [3.63, 3.8) is 0 Å². The van der Waals surface area contributed by atoms with Crippen molar-refractivity contribution >= 4 is 11.9 Å². The molecule has 2 N–H and O–H groups in total. The summed E-state index contributed by atoms with van der Waals surface area (Å²) in [5.74, 6) is 1.94. The minimum absolute atomic E-state index is 0.0496. The number of benzene rings is 1. The SMILES string of the molecule is CCNC(=NCCCOCc1ccc(OC)cc1)NC1CCN(C(=O)C(C)C)C1. The number of likely N-dealkylation sites (tertiary alicyclic amines) is 1. The molecule has 1 atom stereocenters. The third-order valence-corrected chi connectivity index (χ3v) is 4.82. The van der Waals surface area contributed by atoms with Crippen LogP contribution < -0.4 is 15.4 Å². The monoisotopic (exact) mass is 404 g/mol. The smallest absolute Gasteiger partial charge is 0.225 e. The first-order valence-corrected chi connectivity index (χ1v) is 10.6. The van der Waals surface area contributed by atoms with Gasteiger partial charge in [0.25, 0.3) is 0 Å². The molecule has 162 valence electrons. The Balaban J connectivity index is 1.68. The predicted octanol–water partition coefficient (Wildman–Crippen LogP) is 2.41. The lowest BCUT2D eigenvalue weighted by Gasteiger charge is -2.20. The zero-order valence-electron chi connectivity index (χ0n) is 18.2. The van der Waals surface area contributed by atoms with Crippen LogP contribution in [0.3, 0.4) is 0 Å². The maximum absolute atomic E-state index is 12.1. The number of ether oxygens (including phenoxy) is 2. The van der Waals surface area contributed by atoms with E-state index in [0.29, 0.717) is 19.8 Å². The molecule has 1 fully saturated rings. The second kappa shape index (κ2) is 12.3. The van der Waals surface area contributed by atoms with Crippen LogP contribution in [0.1, 0.15) is 39.2 Å². The number of rotatable bonds is 10. The number of nitrogens with zero attached hydrogens (tertiary/aromatic N) is 2. The Hall–Kier alpha value is -2.28. The van der Waals surface area contributed by atoms with Crippen molar-refractivity contribution in [2.45, 2.75) is 46.3 Å². The molecule has 0 spiro atoms. The molecule has 1 aliphatic heterocycles. The van der Waals surface area contributed by atoms with E-state index in [1.807, 2.05) is 43.0 Å². The van der Waals surface area contributed by atoms with Crippen LogP contribution in [0.5, 0.6) is 5.75 Å². The first kappa shape index (κ1) is 23.0. The largest absolute Gasteiger partial charge is 0.497 e. The maximum Gasteiger partial charge on any atom is 0.225 e. The maximum atomic E-state index is 12.1. The van der Waals surface area contributed by atoms with Gasteiger partial charge in [-0.25, -0.2) is 0 Å². The van der Waals surface area contributed by atoms with Crippen molar-refractivity contribution in [3.05, 3.63) is 29.8 Å². The highest BCUT2D eigenvalue weighted by molar-refractivity contribution is 5.81. The number of hydrogen-bond donors (Lipinski definition) is 2. The first-order chi connectivity index (χ1) is 14.0. The molecule has 7 heteroatoms. The number of carbonyl (C=O) groups excluding carboxylic acids is 1. The fraction of sp³-hybridized carbons (Fsp3) is 0.636. The molecule has 0 bridgehead atoms. The molecule has 1 amide bonds. The molecule has 7 nitrogen and oxygen atoms in total. The van der Waals surface area contributed by atoms with Crippen molar-refractivity contribution in [2.24, 2.45) is 10.9 Å². The minimum Gasteiger partial charge on any atom is -0.497 e. The number of amides is 1. The zero-order valence-corrected chi connectivity index (χ0v) is 18.2. The molecule has 0 aliphatic carbocycles. The van der Waals surface area contributed by atoms with Crippen LogP contribution in [0.2, 0.25) is 0 Å². The molecule has 0 aromatic heterocycles. The lowest BCUT2D eigenvalue weighted by Crippen LogP contribution is -2.45. The van der Waals surface area contributed by atoms with Crippen molar-refractivity contribution in [2.75, 3.05) is 39.9 Å². The van der Waals surface area contributed by atoms with Crippen LogP contribution in [-0.4, -0.2) is 62.7 Å². The number of methoxy groups -OCH3 is 1. The van der Waals surface area contributed by atoms with Crippen LogP contribution in [0.4, 0.5) is 0 Å². The van der Waals surface area contributed by atoms with E-state index >= 15 is 0 Å². The molecular formula is C22H36N4O3. The fourth-order valence-corrected chi connectivity index (χ4v) is 3.23. The van der Waals surface area contributed by atoms with Gasteiger partial charge < -0.3 is 25.0 Å². The summed E-state index contributed by atoms with van der Waals surface area (Å²) in [7, 11) is 1.66. The summed E-state index contributed by atoms with van der Waals surface area (Å²) in [6.07, 6.45) is 1.81. The molecule has 1 unspecified atom stereocenters. The Morgan fingerprint density at radius 2 is 2.07 bits per heavy atom. The first-order valence-electron chi connectivity index (χ1n) is 10.6. The summed E-state index contributed by atoms with van der Waals surface area (Å²) >= 11 is 0. The van der Waals surface area contributed by atoms with Gasteiger partial charge in [0.15, 0.2) is 5.96 Å². The van der Waals surface area contributed by atoms with Gasteiger partial charge in [0.05, 0.1) is 13.7 Å². The standard InChI is InChI=1S/C22H36N4O3/c1-5-23-22(25-19-11-13-26(15-19)21(27)17(2)3)24-12-6-14-29-16-18-7-9-20(28-4)10-8-18/h7-10,17,19H,5-6,11-16H2,1-4H3,(H2,23,24,25).